The van der Waals surface area contributed by atoms with Gasteiger partial charge in [-0.05, 0) is 36.7 Å². The highest BCUT2D eigenvalue weighted by atomic mass is 31.1. The van der Waals surface area contributed by atoms with E-state index in [4.69, 9.17) is 0 Å². The number of hydrogen-bond donors (Lipinski definition) is 2. The van der Waals surface area contributed by atoms with Crippen LogP contribution in [0.3, 0.4) is 0 Å². The van der Waals surface area contributed by atoms with Gasteiger partial charge in [0.25, 0.3) is 0 Å². The number of allylic oxidation sites excluding steroid dienone is 1. The lowest BCUT2D eigenvalue weighted by Crippen LogP contribution is -2.32. The van der Waals surface area contributed by atoms with Crippen LogP contribution in [0.15, 0.2) is 72.1 Å². The molecule has 0 saturated carbocycles. The first kappa shape index (κ1) is 14.5. The molecule has 2 atom stereocenters. The van der Waals surface area contributed by atoms with Gasteiger partial charge in [0.1, 0.15) is 6.10 Å². The standard InChI is InChI=1S/C18H19O2P/c19-16-12-7-13-17(18(16)20)21(14-8-3-1-4-9-14)15-10-5-2-6-11-15/h1-6,8-11,13,16,18-20H,7,12H2/t16-,18-/m0/s1. The maximum atomic E-state index is 10.4. The van der Waals surface area contributed by atoms with Crippen LogP contribution in [-0.4, -0.2) is 22.4 Å². The lowest BCUT2D eigenvalue weighted by atomic mass is 10.0. The molecule has 21 heavy (non-hydrogen) atoms. The van der Waals surface area contributed by atoms with Crippen LogP contribution in [0.1, 0.15) is 12.8 Å². The second-order valence-corrected chi connectivity index (χ2v) is 7.45. The Balaban J connectivity index is 2.07. The van der Waals surface area contributed by atoms with Crippen molar-refractivity contribution < 1.29 is 10.2 Å². The minimum Gasteiger partial charge on any atom is -0.390 e. The fourth-order valence-electron chi connectivity index (χ4n) is 2.70. The molecule has 0 amide bonds. The highest BCUT2D eigenvalue weighted by Crippen LogP contribution is 2.47. The summed E-state index contributed by atoms with van der Waals surface area (Å²) < 4.78 is 0. The van der Waals surface area contributed by atoms with Crippen molar-refractivity contribution in [1.82, 2.24) is 0 Å². The summed E-state index contributed by atoms with van der Waals surface area (Å²) in [6.45, 7) is 0. The van der Waals surface area contributed by atoms with Gasteiger partial charge in [-0.1, -0.05) is 66.7 Å². The molecule has 3 rings (SSSR count). The molecule has 2 nitrogen and oxygen atoms in total. The van der Waals surface area contributed by atoms with Crippen LogP contribution in [-0.2, 0) is 0 Å². The molecule has 0 bridgehead atoms. The van der Waals surface area contributed by atoms with E-state index in [0.29, 0.717) is 6.42 Å². The Morgan fingerprint density at radius 2 is 1.33 bits per heavy atom. The Kier molecular flexibility index (Phi) is 4.50. The smallest absolute Gasteiger partial charge is 0.106 e. The Hall–Kier alpha value is -1.47. The van der Waals surface area contributed by atoms with Gasteiger partial charge in [-0.15, -0.1) is 0 Å². The van der Waals surface area contributed by atoms with Gasteiger partial charge in [0.05, 0.1) is 6.10 Å². The van der Waals surface area contributed by atoms with Crippen molar-refractivity contribution in [2.24, 2.45) is 0 Å². The minimum atomic E-state index is -0.784. The van der Waals surface area contributed by atoms with Crippen LogP contribution in [0, 0.1) is 0 Å². The fraction of sp³-hybridized carbons (Fsp3) is 0.222. The van der Waals surface area contributed by atoms with Gasteiger partial charge < -0.3 is 10.2 Å². The summed E-state index contributed by atoms with van der Waals surface area (Å²) in [5.74, 6) is 0. The van der Waals surface area contributed by atoms with Crippen LogP contribution in [0.2, 0.25) is 0 Å². The summed E-state index contributed by atoms with van der Waals surface area (Å²) >= 11 is 0. The zero-order valence-corrected chi connectivity index (χ0v) is 12.7. The Labute approximate surface area is 126 Å². The van der Waals surface area contributed by atoms with Gasteiger partial charge in [-0.3, -0.25) is 0 Å². The van der Waals surface area contributed by atoms with E-state index in [2.05, 4.69) is 30.3 Å². The third kappa shape index (κ3) is 3.08. The summed E-state index contributed by atoms with van der Waals surface area (Å²) in [7, 11) is -0.784. The number of aliphatic hydroxyl groups is 2. The predicted octanol–water partition coefficient (Wildman–Crippen LogP) is 2.52. The summed E-state index contributed by atoms with van der Waals surface area (Å²) in [5.41, 5.74) is 0. The van der Waals surface area contributed by atoms with E-state index in [1.54, 1.807) is 0 Å². The molecule has 0 heterocycles. The zero-order chi connectivity index (χ0) is 14.7. The summed E-state index contributed by atoms with van der Waals surface area (Å²) in [6.07, 6.45) is 2.17. The molecule has 3 heteroatoms. The summed E-state index contributed by atoms with van der Waals surface area (Å²) in [5, 5.41) is 23.8. The van der Waals surface area contributed by atoms with Crippen molar-refractivity contribution in [1.29, 1.82) is 0 Å². The lowest BCUT2D eigenvalue weighted by molar-refractivity contribution is 0.0362. The number of hydrogen-bond acceptors (Lipinski definition) is 2. The molecule has 0 aliphatic heterocycles. The van der Waals surface area contributed by atoms with E-state index in [9.17, 15) is 10.2 Å². The summed E-state index contributed by atoms with van der Waals surface area (Å²) in [4.78, 5) is 0. The second-order valence-electron chi connectivity index (χ2n) is 5.23. The molecule has 1 aliphatic carbocycles. The molecule has 1 aliphatic rings. The summed E-state index contributed by atoms with van der Waals surface area (Å²) in [6, 6.07) is 20.5. The molecule has 2 N–H and O–H groups in total. The van der Waals surface area contributed by atoms with E-state index in [1.165, 1.54) is 10.6 Å². The molecule has 0 aromatic heterocycles. The molecule has 0 fully saturated rings. The molecular weight excluding hydrogens is 279 g/mol. The van der Waals surface area contributed by atoms with Crippen LogP contribution in [0.25, 0.3) is 0 Å². The average Bonchev–Trinajstić information content (AvgIpc) is 2.54. The predicted molar refractivity (Wildman–Crippen MR) is 88.4 cm³/mol. The van der Waals surface area contributed by atoms with E-state index in [0.717, 1.165) is 11.7 Å². The SMILES string of the molecule is O[C@@H]1C(P(c2ccccc2)c2ccccc2)=CCC[C@@H]1O. The highest BCUT2D eigenvalue weighted by molar-refractivity contribution is 7.76. The van der Waals surface area contributed by atoms with Crippen molar-refractivity contribution in [3.05, 3.63) is 72.1 Å². The first-order valence-electron chi connectivity index (χ1n) is 7.24. The van der Waals surface area contributed by atoms with Crippen molar-refractivity contribution in [3.63, 3.8) is 0 Å². The maximum Gasteiger partial charge on any atom is 0.106 e. The largest absolute Gasteiger partial charge is 0.390 e. The number of rotatable bonds is 3. The molecule has 0 saturated heterocycles. The normalized spacial score (nSPS) is 22.1. The van der Waals surface area contributed by atoms with Crippen LogP contribution in [0.5, 0.6) is 0 Å². The molecular formula is C18H19O2P. The van der Waals surface area contributed by atoms with Crippen LogP contribution < -0.4 is 10.6 Å². The molecule has 0 radical (unpaired) electrons. The first-order valence-corrected chi connectivity index (χ1v) is 8.58. The Bertz CT molecular complexity index is 570. The average molecular weight is 298 g/mol. The maximum absolute atomic E-state index is 10.4. The Morgan fingerprint density at radius 1 is 0.810 bits per heavy atom. The van der Waals surface area contributed by atoms with Gasteiger partial charge in [0, 0.05) is 0 Å². The zero-order valence-electron chi connectivity index (χ0n) is 11.8. The van der Waals surface area contributed by atoms with Crippen molar-refractivity contribution in [3.8, 4) is 0 Å². The molecule has 2 aromatic carbocycles. The molecule has 0 unspecified atom stereocenters. The third-order valence-corrected chi connectivity index (χ3v) is 6.36. The van der Waals surface area contributed by atoms with Gasteiger partial charge in [0.2, 0.25) is 0 Å². The molecule has 2 aromatic rings. The second kappa shape index (κ2) is 6.53. The quantitative estimate of drug-likeness (QED) is 0.855. The lowest BCUT2D eigenvalue weighted by Gasteiger charge is -2.31. The van der Waals surface area contributed by atoms with Crippen LogP contribution >= 0.6 is 7.92 Å². The van der Waals surface area contributed by atoms with Crippen molar-refractivity contribution in [2.75, 3.05) is 0 Å². The van der Waals surface area contributed by atoms with E-state index in [-0.39, 0.29) is 0 Å². The fourth-order valence-corrected chi connectivity index (χ4v) is 5.29. The third-order valence-electron chi connectivity index (χ3n) is 3.77. The van der Waals surface area contributed by atoms with Crippen molar-refractivity contribution in [2.45, 2.75) is 25.0 Å². The van der Waals surface area contributed by atoms with Gasteiger partial charge >= 0.3 is 0 Å². The van der Waals surface area contributed by atoms with Gasteiger partial charge in [-0.25, -0.2) is 0 Å². The highest BCUT2D eigenvalue weighted by Gasteiger charge is 2.30. The topological polar surface area (TPSA) is 40.5 Å². The van der Waals surface area contributed by atoms with Gasteiger partial charge in [-0.2, -0.15) is 0 Å². The molecule has 108 valence electrons. The minimum absolute atomic E-state index is 0.636. The Morgan fingerprint density at radius 3 is 1.86 bits per heavy atom. The molecule has 0 spiro atoms. The number of aliphatic hydroxyl groups excluding tert-OH is 2. The van der Waals surface area contributed by atoms with Crippen LogP contribution in [0.4, 0.5) is 0 Å². The van der Waals surface area contributed by atoms with E-state index >= 15 is 0 Å². The van der Waals surface area contributed by atoms with Gasteiger partial charge in [0.15, 0.2) is 0 Å². The van der Waals surface area contributed by atoms with E-state index < -0.39 is 20.1 Å². The van der Waals surface area contributed by atoms with Crippen molar-refractivity contribution >= 4 is 18.5 Å². The van der Waals surface area contributed by atoms with E-state index in [1.807, 2.05) is 36.4 Å². The monoisotopic (exact) mass is 298 g/mol. The number of benzene rings is 2. The first-order chi connectivity index (χ1) is 10.3.